The fourth-order valence-electron chi connectivity index (χ4n) is 2.12. The average molecular weight is 299 g/mol. The molecule has 0 aliphatic carbocycles. The average Bonchev–Trinajstić information content (AvgIpc) is 2.68. The van der Waals surface area contributed by atoms with Crippen LogP contribution < -0.4 is 0 Å². The summed E-state index contributed by atoms with van der Waals surface area (Å²) in [6, 6.07) is 5.86. The summed E-state index contributed by atoms with van der Waals surface area (Å²) < 4.78 is 2.27. The van der Waals surface area contributed by atoms with Gasteiger partial charge in [-0.1, -0.05) is 32.4 Å². The molecule has 19 heavy (non-hydrogen) atoms. The van der Waals surface area contributed by atoms with E-state index in [0.717, 1.165) is 34.8 Å². The molecule has 0 N–H and O–H groups in total. The second kappa shape index (κ2) is 6.15. The van der Waals surface area contributed by atoms with Crippen molar-refractivity contribution in [2.24, 2.45) is 11.8 Å². The number of imidazole rings is 1. The van der Waals surface area contributed by atoms with E-state index in [2.05, 4.69) is 30.3 Å². The van der Waals surface area contributed by atoms with Crippen molar-refractivity contribution in [2.45, 2.75) is 33.7 Å². The zero-order chi connectivity index (χ0) is 14.0. The molecule has 2 nitrogen and oxygen atoms in total. The molecule has 0 aliphatic heterocycles. The van der Waals surface area contributed by atoms with E-state index in [9.17, 15) is 0 Å². The van der Waals surface area contributed by atoms with Gasteiger partial charge in [0.2, 0.25) is 0 Å². The minimum Gasteiger partial charge on any atom is -0.328 e. The smallest absolute Gasteiger partial charge is 0.111 e. The summed E-state index contributed by atoms with van der Waals surface area (Å²) in [5, 5.41) is 0.753. The van der Waals surface area contributed by atoms with Crippen LogP contribution in [0.25, 0.3) is 11.0 Å². The monoisotopic (exact) mass is 298 g/mol. The van der Waals surface area contributed by atoms with Crippen LogP contribution in [0.5, 0.6) is 0 Å². The lowest BCUT2D eigenvalue weighted by Gasteiger charge is -2.18. The Morgan fingerprint density at radius 2 is 2.00 bits per heavy atom. The number of benzene rings is 1. The molecule has 1 aromatic heterocycles. The quantitative estimate of drug-likeness (QED) is 0.728. The SMILES string of the molecule is CC(C)C(C)Cn1c(CCCl)nc2ccc(Cl)cc21. The number of aromatic nitrogens is 2. The Hall–Kier alpha value is -0.730. The van der Waals surface area contributed by atoms with E-state index in [1.165, 1.54) is 0 Å². The standard InChI is InChI=1S/C15H20Cl2N2/c1-10(2)11(3)9-19-14-8-12(17)4-5-13(14)18-15(19)6-7-16/h4-5,8,10-11H,6-7,9H2,1-3H3. The van der Waals surface area contributed by atoms with E-state index in [4.69, 9.17) is 23.2 Å². The highest BCUT2D eigenvalue weighted by Gasteiger charge is 2.15. The van der Waals surface area contributed by atoms with Crippen molar-refractivity contribution < 1.29 is 0 Å². The molecule has 2 aromatic rings. The first-order valence-corrected chi connectivity index (χ1v) is 7.64. The van der Waals surface area contributed by atoms with Gasteiger partial charge in [0.15, 0.2) is 0 Å². The van der Waals surface area contributed by atoms with Crippen LogP contribution in [-0.4, -0.2) is 15.4 Å². The summed E-state index contributed by atoms with van der Waals surface area (Å²) in [6.07, 6.45) is 0.790. The lowest BCUT2D eigenvalue weighted by Crippen LogP contribution is -2.15. The van der Waals surface area contributed by atoms with Gasteiger partial charge in [-0.3, -0.25) is 0 Å². The van der Waals surface area contributed by atoms with Crippen LogP contribution >= 0.6 is 23.2 Å². The van der Waals surface area contributed by atoms with Gasteiger partial charge in [0.05, 0.1) is 11.0 Å². The highest BCUT2D eigenvalue weighted by atomic mass is 35.5. The summed E-state index contributed by atoms with van der Waals surface area (Å²) >= 11 is 12.0. The highest BCUT2D eigenvalue weighted by Crippen LogP contribution is 2.24. The number of hydrogen-bond acceptors (Lipinski definition) is 1. The van der Waals surface area contributed by atoms with E-state index in [0.29, 0.717) is 17.7 Å². The maximum atomic E-state index is 6.11. The molecule has 0 aliphatic rings. The summed E-state index contributed by atoms with van der Waals surface area (Å²) in [5.74, 6) is 2.87. The summed E-state index contributed by atoms with van der Waals surface area (Å²) in [7, 11) is 0. The molecule has 0 saturated carbocycles. The van der Waals surface area contributed by atoms with Crippen molar-refractivity contribution in [1.82, 2.24) is 9.55 Å². The molecular weight excluding hydrogens is 279 g/mol. The first kappa shape index (κ1) is 14.7. The molecule has 104 valence electrons. The summed E-state index contributed by atoms with van der Waals surface area (Å²) in [5.41, 5.74) is 2.11. The number of rotatable bonds is 5. The Morgan fingerprint density at radius 3 is 2.63 bits per heavy atom. The van der Waals surface area contributed by atoms with Crippen LogP contribution in [0.15, 0.2) is 18.2 Å². The topological polar surface area (TPSA) is 17.8 Å². The highest BCUT2D eigenvalue weighted by molar-refractivity contribution is 6.31. The predicted octanol–water partition coefficient (Wildman–Crippen LogP) is 4.76. The van der Waals surface area contributed by atoms with Gasteiger partial charge in [0.1, 0.15) is 5.82 Å². The van der Waals surface area contributed by atoms with Gasteiger partial charge >= 0.3 is 0 Å². The molecule has 1 aromatic carbocycles. The third-order valence-electron chi connectivity index (χ3n) is 3.72. The van der Waals surface area contributed by atoms with Crippen LogP contribution in [0, 0.1) is 11.8 Å². The van der Waals surface area contributed by atoms with Crippen LogP contribution in [0.4, 0.5) is 0 Å². The molecule has 1 unspecified atom stereocenters. The van der Waals surface area contributed by atoms with E-state index < -0.39 is 0 Å². The number of nitrogens with zero attached hydrogens (tertiary/aromatic N) is 2. The van der Waals surface area contributed by atoms with E-state index in [1.54, 1.807) is 0 Å². The lowest BCUT2D eigenvalue weighted by atomic mass is 9.98. The van der Waals surface area contributed by atoms with Crippen molar-refractivity contribution in [3.8, 4) is 0 Å². The molecule has 1 atom stereocenters. The molecule has 0 bridgehead atoms. The van der Waals surface area contributed by atoms with Crippen LogP contribution in [0.2, 0.25) is 5.02 Å². The number of hydrogen-bond donors (Lipinski definition) is 0. The third-order valence-corrected chi connectivity index (χ3v) is 4.14. The maximum absolute atomic E-state index is 6.11. The van der Waals surface area contributed by atoms with E-state index in [-0.39, 0.29) is 0 Å². The predicted molar refractivity (Wildman–Crippen MR) is 83.2 cm³/mol. The fourth-order valence-corrected chi connectivity index (χ4v) is 2.46. The maximum Gasteiger partial charge on any atom is 0.111 e. The first-order chi connectivity index (χ1) is 9.02. The fraction of sp³-hybridized carbons (Fsp3) is 0.533. The Labute approximate surface area is 124 Å². The molecule has 1 heterocycles. The van der Waals surface area contributed by atoms with Crippen molar-refractivity contribution in [2.75, 3.05) is 5.88 Å². The largest absolute Gasteiger partial charge is 0.328 e. The van der Waals surface area contributed by atoms with Gasteiger partial charge in [-0.15, -0.1) is 11.6 Å². The molecular formula is C15H20Cl2N2. The Kier molecular flexibility index (Phi) is 4.75. The van der Waals surface area contributed by atoms with Crippen LogP contribution in [-0.2, 0) is 13.0 Å². The number of alkyl halides is 1. The Balaban J connectivity index is 2.47. The van der Waals surface area contributed by atoms with E-state index >= 15 is 0 Å². The molecule has 0 radical (unpaired) electrons. The van der Waals surface area contributed by atoms with Crippen molar-refractivity contribution in [3.63, 3.8) is 0 Å². The zero-order valence-corrected chi connectivity index (χ0v) is 13.2. The zero-order valence-electron chi connectivity index (χ0n) is 11.7. The molecule has 0 spiro atoms. The van der Waals surface area contributed by atoms with Gasteiger partial charge in [0.25, 0.3) is 0 Å². The minimum absolute atomic E-state index is 0.588. The van der Waals surface area contributed by atoms with Crippen LogP contribution in [0.3, 0.4) is 0 Å². The normalized spacial score (nSPS) is 13.4. The van der Waals surface area contributed by atoms with Gasteiger partial charge in [0, 0.05) is 23.9 Å². The van der Waals surface area contributed by atoms with Gasteiger partial charge in [-0.05, 0) is 30.0 Å². The van der Waals surface area contributed by atoms with Crippen molar-refractivity contribution >= 4 is 34.2 Å². The first-order valence-electron chi connectivity index (χ1n) is 6.73. The summed E-state index contributed by atoms with van der Waals surface area (Å²) in [4.78, 5) is 4.68. The molecule has 4 heteroatoms. The summed E-state index contributed by atoms with van der Waals surface area (Å²) in [6.45, 7) is 7.72. The number of aryl methyl sites for hydroxylation is 1. The second-order valence-electron chi connectivity index (χ2n) is 5.43. The van der Waals surface area contributed by atoms with E-state index in [1.807, 2.05) is 18.2 Å². The van der Waals surface area contributed by atoms with Gasteiger partial charge < -0.3 is 4.57 Å². The van der Waals surface area contributed by atoms with Crippen molar-refractivity contribution in [1.29, 1.82) is 0 Å². The Morgan fingerprint density at radius 1 is 1.26 bits per heavy atom. The minimum atomic E-state index is 0.588. The second-order valence-corrected chi connectivity index (χ2v) is 6.25. The molecule has 0 saturated heterocycles. The molecule has 2 rings (SSSR count). The van der Waals surface area contributed by atoms with Gasteiger partial charge in [-0.25, -0.2) is 4.98 Å². The number of fused-ring (bicyclic) bond motifs is 1. The Bertz CT molecular complexity index is 561. The van der Waals surface area contributed by atoms with Crippen LogP contribution in [0.1, 0.15) is 26.6 Å². The third kappa shape index (κ3) is 3.24. The molecule has 0 amide bonds. The van der Waals surface area contributed by atoms with Gasteiger partial charge in [-0.2, -0.15) is 0 Å². The van der Waals surface area contributed by atoms with Crippen molar-refractivity contribution in [3.05, 3.63) is 29.0 Å². The molecule has 0 fully saturated rings. The lowest BCUT2D eigenvalue weighted by molar-refractivity contribution is 0.364. The number of halogens is 2.